The normalized spacial score (nSPS) is 7.50. The van der Waals surface area contributed by atoms with Crippen molar-refractivity contribution in [1.82, 2.24) is 0 Å². The van der Waals surface area contributed by atoms with Crippen LogP contribution < -0.4 is 24.0 Å². The van der Waals surface area contributed by atoms with Crippen LogP contribution in [-0.4, -0.2) is 5.11 Å². The van der Waals surface area contributed by atoms with E-state index in [0.29, 0.717) is 5.75 Å². The zero-order valence-electron chi connectivity index (χ0n) is 4.21. The summed E-state index contributed by atoms with van der Waals surface area (Å²) in [6.07, 6.45) is 0. The van der Waals surface area contributed by atoms with Crippen LogP contribution in [0.5, 0.6) is 5.75 Å². The molecular formula is C6H6IO-. The minimum atomic E-state index is 0. The predicted octanol–water partition coefficient (Wildman–Crippen LogP) is -1.60. The summed E-state index contributed by atoms with van der Waals surface area (Å²) in [4.78, 5) is 0. The van der Waals surface area contributed by atoms with Crippen LogP contribution in [0, 0.1) is 0 Å². The molecule has 0 atom stereocenters. The van der Waals surface area contributed by atoms with Crippen molar-refractivity contribution in [3.05, 3.63) is 30.3 Å². The molecule has 1 N–H and O–H groups in total. The molecule has 2 heteroatoms. The zero-order chi connectivity index (χ0) is 5.11. The van der Waals surface area contributed by atoms with Crippen LogP contribution in [0.25, 0.3) is 0 Å². The van der Waals surface area contributed by atoms with Crippen molar-refractivity contribution < 1.29 is 29.1 Å². The van der Waals surface area contributed by atoms with E-state index in [-0.39, 0.29) is 24.0 Å². The van der Waals surface area contributed by atoms with Crippen molar-refractivity contribution in [1.29, 1.82) is 0 Å². The lowest BCUT2D eigenvalue weighted by Crippen LogP contribution is -3.00. The van der Waals surface area contributed by atoms with E-state index < -0.39 is 0 Å². The molecule has 0 saturated carbocycles. The van der Waals surface area contributed by atoms with Crippen LogP contribution in [0.3, 0.4) is 0 Å². The Balaban J connectivity index is 0.000000490. The number of hydrogen-bond acceptors (Lipinski definition) is 1. The molecule has 1 aromatic rings. The van der Waals surface area contributed by atoms with Gasteiger partial charge < -0.3 is 29.1 Å². The van der Waals surface area contributed by atoms with Crippen molar-refractivity contribution >= 4 is 0 Å². The third-order valence-corrected chi connectivity index (χ3v) is 0.756. The topological polar surface area (TPSA) is 20.2 Å². The largest absolute Gasteiger partial charge is 1.00 e. The number of para-hydroxylation sites is 1. The summed E-state index contributed by atoms with van der Waals surface area (Å²) >= 11 is 0. The molecule has 1 aromatic carbocycles. The third-order valence-electron chi connectivity index (χ3n) is 0.756. The molecule has 0 amide bonds. The van der Waals surface area contributed by atoms with Crippen molar-refractivity contribution in [3.63, 3.8) is 0 Å². The monoisotopic (exact) mass is 221 g/mol. The summed E-state index contributed by atoms with van der Waals surface area (Å²) in [5.41, 5.74) is 0. The molecule has 0 radical (unpaired) electrons. The maximum atomic E-state index is 8.63. The van der Waals surface area contributed by atoms with Crippen LogP contribution >= 0.6 is 0 Å². The Bertz CT molecular complexity index is 138. The van der Waals surface area contributed by atoms with E-state index in [2.05, 4.69) is 0 Å². The number of halogens is 1. The van der Waals surface area contributed by atoms with E-state index in [9.17, 15) is 0 Å². The molecule has 0 unspecified atom stereocenters. The van der Waals surface area contributed by atoms with Crippen molar-refractivity contribution in [2.75, 3.05) is 0 Å². The van der Waals surface area contributed by atoms with Gasteiger partial charge in [0.15, 0.2) is 0 Å². The number of aromatic hydroxyl groups is 1. The summed E-state index contributed by atoms with van der Waals surface area (Å²) in [5.74, 6) is 0.322. The first kappa shape index (κ1) is 7.75. The third kappa shape index (κ3) is 2.16. The Kier molecular flexibility index (Phi) is 3.60. The molecule has 0 bridgehead atoms. The van der Waals surface area contributed by atoms with Gasteiger partial charge in [-0.1, -0.05) is 18.2 Å². The average Bonchev–Trinajstić information content (AvgIpc) is 1.69. The van der Waals surface area contributed by atoms with Crippen molar-refractivity contribution in [3.8, 4) is 5.75 Å². The minimum absolute atomic E-state index is 0. The van der Waals surface area contributed by atoms with Crippen LogP contribution in [-0.2, 0) is 0 Å². The highest BCUT2D eigenvalue weighted by Crippen LogP contribution is 2.02. The number of phenols is 1. The second-order valence-electron chi connectivity index (χ2n) is 1.34. The lowest BCUT2D eigenvalue weighted by atomic mass is 10.3. The second-order valence-corrected chi connectivity index (χ2v) is 1.34. The second kappa shape index (κ2) is 3.72. The number of rotatable bonds is 0. The van der Waals surface area contributed by atoms with Gasteiger partial charge in [-0.15, -0.1) is 0 Å². The predicted molar refractivity (Wildman–Crippen MR) is 28.1 cm³/mol. The van der Waals surface area contributed by atoms with Gasteiger partial charge >= 0.3 is 0 Å². The lowest BCUT2D eigenvalue weighted by molar-refractivity contribution is -0.00000247. The number of phenolic OH excluding ortho intramolecular Hbond substituents is 1. The van der Waals surface area contributed by atoms with E-state index in [4.69, 9.17) is 5.11 Å². The molecule has 0 aliphatic heterocycles. The lowest BCUT2D eigenvalue weighted by Gasteiger charge is -1.82. The Morgan fingerprint density at radius 1 is 1.00 bits per heavy atom. The fraction of sp³-hybridized carbons (Fsp3) is 0. The first-order valence-electron chi connectivity index (χ1n) is 2.13. The molecule has 1 nitrogen and oxygen atoms in total. The maximum absolute atomic E-state index is 8.63. The minimum Gasteiger partial charge on any atom is -1.00 e. The SMILES string of the molecule is Oc1ccccc1.[I-]. The molecule has 0 spiro atoms. The van der Waals surface area contributed by atoms with E-state index >= 15 is 0 Å². The van der Waals surface area contributed by atoms with Crippen LogP contribution in [0.1, 0.15) is 0 Å². The summed E-state index contributed by atoms with van der Waals surface area (Å²) < 4.78 is 0. The van der Waals surface area contributed by atoms with Crippen molar-refractivity contribution in [2.24, 2.45) is 0 Å². The summed E-state index contributed by atoms with van der Waals surface area (Å²) in [6.45, 7) is 0. The van der Waals surface area contributed by atoms with Gasteiger partial charge in [0, 0.05) is 0 Å². The smallest absolute Gasteiger partial charge is 0.115 e. The molecule has 0 fully saturated rings. The average molecular weight is 221 g/mol. The first-order chi connectivity index (χ1) is 3.39. The van der Waals surface area contributed by atoms with Gasteiger partial charge in [0.25, 0.3) is 0 Å². The van der Waals surface area contributed by atoms with E-state index in [1.54, 1.807) is 24.3 Å². The van der Waals surface area contributed by atoms with Crippen LogP contribution in [0.15, 0.2) is 30.3 Å². The van der Waals surface area contributed by atoms with Gasteiger partial charge in [0.05, 0.1) is 0 Å². The highest BCUT2D eigenvalue weighted by molar-refractivity contribution is 5.18. The summed E-state index contributed by atoms with van der Waals surface area (Å²) in [7, 11) is 0. The van der Waals surface area contributed by atoms with Gasteiger partial charge in [0.2, 0.25) is 0 Å². The van der Waals surface area contributed by atoms with Crippen LogP contribution in [0.2, 0.25) is 0 Å². The highest BCUT2D eigenvalue weighted by Gasteiger charge is 1.74. The summed E-state index contributed by atoms with van der Waals surface area (Å²) in [6, 6.07) is 8.71. The van der Waals surface area contributed by atoms with Gasteiger partial charge in [-0.2, -0.15) is 0 Å². The molecule has 0 aliphatic carbocycles. The molecule has 44 valence electrons. The molecule has 0 aromatic heterocycles. The van der Waals surface area contributed by atoms with E-state index in [1.165, 1.54) is 0 Å². The maximum Gasteiger partial charge on any atom is 0.115 e. The Morgan fingerprint density at radius 2 is 1.50 bits per heavy atom. The molecule has 0 heterocycles. The molecule has 8 heavy (non-hydrogen) atoms. The first-order valence-corrected chi connectivity index (χ1v) is 2.13. The molecule has 0 saturated heterocycles. The summed E-state index contributed by atoms with van der Waals surface area (Å²) in [5, 5.41) is 8.63. The van der Waals surface area contributed by atoms with Gasteiger partial charge in [0.1, 0.15) is 5.75 Å². The fourth-order valence-corrected chi connectivity index (χ4v) is 0.428. The van der Waals surface area contributed by atoms with Gasteiger partial charge in [-0.25, -0.2) is 0 Å². The Hall–Kier alpha value is -0.250. The molecular weight excluding hydrogens is 215 g/mol. The standard InChI is InChI=1S/C6H6O.HI/c7-6-4-2-1-3-5-6;/h1-5,7H;1H/p-1. The van der Waals surface area contributed by atoms with Crippen molar-refractivity contribution in [2.45, 2.75) is 0 Å². The Morgan fingerprint density at radius 3 is 1.75 bits per heavy atom. The zero-order valence-corrected chi connectivity index (χ0v) is 6.37. The van der Waals surface area contributed by atoms with Crippen LogP contribution in [0.4, 0.5) is 0 Å². The number of hydrogen-bond donors (Lipinski definition) is 1. The molecule has 0 aliphatic rings. The van der Waals surface area contributed by atoms with E-state index in [1.807, 2.05) is 6.07 Å². The van der Waals surface area contributed by atoms with E-state index in [0.717, 1.165) is 0 Å². The quantitative estimate of drug-likeness (QED) is 0.523. The van der Waals surface area contributed by atoms with Gasteiger partial charge in [-0.3, -0.25) is 0 Å². The molecule has 1 rings (SSSR count). The number of benzene rings is 1. The Labute approximate surface area is 65.4 Å². The fourth-order valence-electron chi connectivity index (χ4n) is 0.428. The highest BCUT2D eigenvalue weighted by atomic mass is 127. The van der Waals surface area contributed by atoms with Gasteiger partial charge in [-0.05, 0) is 12.1 Å².